The molecule has 0 radical (unpaired) electrons. The standard InChI is InChI=1S/C11H14N2O.C2H4O2/c14-11(13-10-7-12-8-10)6-9-4-2-1-3-5-9;1-2(3)4/h1-5,10,12H,6-8H2,(H,13,14);1H3,(H,3,4). The van der Waals surface area contributed by atoms with E-state index in [4.69, 9.17) is 9.90 Å². The Morgan fingerprint density at radius 2 is 1.89 bits per heavy atom. The molecule has 1 aliphatic rings. The van der Waals surface area contributed by atoms with E-state index in [1.807, 2.05) is 30.3 Å². The monoisotopic (exact) mass is 250 g/mol. The van der Waals surface area contributed by atoms with Gasteiger partial charge in [-0.2, -0.15) is 0 Å². The Labute approximate surface area is 106 Å². The van der Waals surface area contributed by atoms with E-state index in [9.17, 15) is 4.79 Å². The zero-order chi connectivity index (χ0) is 13.4. The number of carboxylic acid groups (broad SMARTS) is 1. The van der Waals surface area contributed by atoms with Gasteiger partial charge in [0.25, 0.3) is 5.97 Å². The lowest BCUT2D eigenvalue weighted by Gasteiger charge is -2.27. The van der Waals surface area contributed by atoms with Gasteiger partial charge in [0.15, 0.2) is 0 Å². The van der Waals surface area contributed by atoms with Crippen molar-refractivity contribution < 1.29 is 14.7 Å². The van der Waals surface area contributed by atoms with Gasteiger partial charge in [0, 0.05) is 20.0 Å². The van der Waals surface area contributed by atoms with E-state index in [0.717, 1.165) is 25.6 Å². The summed E-state index contributed by atoms with van der Waals surface area (Å²) in [6.45, 7) is 2.89. The highest BCUT2D eigenvalue weighted by Gasteiger charge is 2.18. The number of hydrogen-bond acceptors (Lipinski definition) is 3. The van der Waals surface area contributed by atoms with E-state index in [0.29, 0.717) is 12.5 Å². The zero-order valence-electron chi connectivity index (χ0n) is 10.3. The van der Waals surface area contributed by atoms with Gasteiger partial charge in [0.2, 0.25) is 5.91 Å². The predicted molar refractivity (Wildman–Crippen MR) is 68.3 cm³/mol. The molecule has 0 aliphatic carbocycles. The molecule has 1 amide bonds. The van der Waals surface area contributed by atoms with Crippen molar-refractivity contribution >= 4 is 11.9 Å². The number of hydrogen-bond donors (Lipinski definition) is 3. The molecule has 0 saturated carbocycles. The van der Waals surface area contributed by atoms with Crippen molar-refractivity contribution in [2.24, 2.45) is 0 Å². The number of benzene rings is 1. The van der Waals surface area contributed by atoms with Gasteiger partial charge < -0.3 is 15.7 Å². The minimum atomic E-state index is -0.833. The van der Waals surface area contributed by atoms with Crippen LogP contribution in [0.1, 0.15) is 12.5 Å². The zero-order valence-corrected chi connectivity index (χ0v) is 10.3. The topological polar surface area (TPSA) is 78.4 Å². The molecule has 1 aromatic rings. The van der Waals surface area contributed by atoms with Crippen LogP contribution in [-0.4, -0.2) is 36.1 Å². The van der Waals surface area contributed by atoms with Gasteiger partial charge in [-0.3, -0.25) is 9.59 Å². The maximum absolute atomic E-state index is 11.5. The Morgan fingerprint density at radius 3 is 2.33 bits per heavy atom. The van der Waals surface area contributed by atoms with Crippen LogP contribution in [0.2, 0.25) is 0 Å². The smallest absolute Gasteiger partial charge is 0.300 e. The largest absolute Gasteiger partial charge is 0.481 e. The molecule has 0 aromatic heterocycles. The molecule has 1 aromatic carbocycles. The molecule has 1 heterocycles. The molecular formula is C13H18N2O3. The fourth-order valence-electron chi connectivity index (χ4n) is 1.45. The Kier molecular flexibility index (Phi) is 5.87. The first-order valence-corrected chi connectivity index (χ1v) is 5.81. The number of carbonyl (C=O) groups is 2. The molecule has 0 unspecified atom stereocenters. The first-order chi connectivity index (χ1) is 8.58. The highest BCUT2D eigenvalue weighted by Crippen LogP contribution is 2.00. The summed E-state index contributed by atoms with van der Waals surface area (Å²) in [5.41, 5.74) is 1.07. The minimum Gasteiger partial charge on any atom is -0.481 e. The van der Waals surface area contributed by atoms with Gasteiger partial charge >= 0.3 is 0 Å². The predicted octanol–water partition coefficient (Wildman–Crippen LogP) is 0.408. The van der Waals surface area contributed by atoms with E-state index < -0.39 is 5.97 Å². The molecule has 1 saturated heterocycles. The molecule has 3 N–H and O–H groups in total. The molecule has 98 valence electrons. The van der Waals surface area contributed by atoms with Crippen molar-refractivity contribution in [3.63, 3.8) is 0 Å². The first-order valence-electron chi connectivity index (χ1n) is 5.81. The van der Waals surface area contributed by atoms with Gasteiger partial charge in [-0.25, -0.2) is 0 Å². The molecule has 5 heteroatoms. The summed E-state index contributed by atoms with van der Waals surface area (Å²) in [5, 5.41) is 13.5. The Bertz CT molecular complexity index is 384. The molecule has 18 heavy (non-hydrogen) atoms. The van der Waals surface area contributed by atoms with Crippen LogP contribution in [0.4, 0.5) is 0 Å². The third-order valence-corrected chi connectivity index (χ3v) is 2.35. The van der Waals surface area contributed by atoms with Crippen molar-refractivity contribution in [1.29, 1.82) is 0 Å². The van der Waals surface area contributed by atoms with Crippen LogP contribution in [0.15, 0.2) is 30.3 Å². The molecule has 5 nitrogen and oxygen atoms in total. The van der Waals surface area contributed by atoms with E-state index in [1.54, 1.807) is 0 Å². The second-order valence-electron chi connectivity index (χ2n) is 4.10. The first kappa shape index (κ1) is 14.2. The highest BCUT2D eigenvalue weighted by molar-refractivity contribution is 5.79. The number of amides is 1. The molecule has 0 bridgehead atoms. The SMILES string of the molecule is CC(=O)O.O=C(Cc1ccccc1)NC1CNC1. The maximum Gasteiger partial charge on any atom is 0.300 e. The Balaban J connectivity index is 0.000000357. The number of carbonyl (C=O) groups excluding carboxylic acids is 1. The summed E-state index contributed by atoms with van der Waals surface area (Å²) in [5.74, 6) is -0.720. The molecule has 1 fully saturated rings. The van der Waals surface area contributed by atoms with E-state index >= 15 is 0 Å². The fraction of sp³-hybridized carbons (Fsp3) is 0.385. The number of carboxylic acids is 1. The molecule has 2 rings (SSSR count). The number of rotatable bonds is 3. The molecule has 0 atom stereocenters. The van der Waals surface area contributed by atoms with Crippen molar-refractivity contribution in [1.82, 2.24) is 10.6 Å². The van der Waals surface area contributed by atoms with Gasteiger partial charge in [0.1, 0.15) is 0 Å². The lowest BCUT2D eigenvalue weighted by atomic mass is 10.1. The third kappa shape index (κ3) is 6.00. The second kappa shape index (κ2) is 7.45. The lowest BCUT2D eigenvalue weighted by molar-refractivity contribution is -0.134. The van der Waals surface area contributed by atoms with Crippen molar-refractivity contribution in [2.45, 2.75) is 19.4 Å². The molecule has 0 spiro atoms. The van der Waals surface area contributed by atoms with E-state index in [2.05, 4.69) is 10.6 Å². The minimum absolute atomic E-state index is 0.114. The quantitative estimate of drug-likeness (QED) is 0.726. The maximum atomic E-state index is 11.5. The van der Waals surface area contributed by atoms with Crippen LogP contribution in [0, 0.1) is 0 Å². The Hall–Kier alpha value is -1.88. The average Bonchev–Trinajstić information content (AvgIpc) is 2.24. The highest BCUT2D eigenvalue weighted by atomic mass is 16.4. The molecule has 1 aliphatic heterocycles. The van der Waals surface area contributed by atoms with Crippen LogP contribution in [0.5, 0.6) is 0 Å². The lowest BCUT2D eigenvalue weighted by Crippen LogP contribution is -2.57. The van der Waals surface area contributed by atoms with Gasteiger partial charge in [-0.15, -0.1) is 0 Å². The van der Waals surface area contributed by atoms with Crippen LogP contribution in [0.25, 0.3) is 0 Å². The summed E-state index contributed by atoms with van der Waals surface area (Å²) in [6, 6.07) is 10.1. The van der Waals surface area contributed by atoms with Crippen molar-refractivity contribution in [2.75, 3.05) is 13.1 Å². The van der Waals surface area contributed by atoms with Crippen LogP contribution in [0.3, 0.4) is 0 Å². The van der Waals surface area contributed by atoms with Gasteiger partial charge in [-0.05, 0) is 5.56 Å². The van der Waals surface area contributed by atoms with Crippen LogP contribution in [-0.2, 0) is 16.0 Å². The fourth-order valence-corrected chi connectivity index (χ4v) is 1.45. The summed E-state index contributed by atoms with van der Waals surface area (Å²) < 4.78 is 0. The van der Waals surface area contributed by atoms with E-state index in [1.165, 1.54) is 0 Å². The summed E-state index contributed by atoms with van der Waals surface area (Å²) in [6.07, 6.45) is 0.483. The molecular weight excluding hydrogens is 232 g/mol. The third-order valence-electron chi connectivity index (χ3n) is 2.35. The summed E-state index contributed by atoms with van der Waals surface area (Å²) >= 11 is 0. The second-order valence-corrected chi connectivity index (χ2v) is 4.10. The number of aliphatic carboxylic acids is 1. The summed E-state index contributed by atoms with van der Waals surface area (Å²) in [7, 11) is 0. The Morgan fingerprint density at radius 1 is 1.33 bits per heavy atom. The van der Waals surface area contributed by atoms with Crippen molar-refractivity contribution in [3.05, 3.63) is 35.9 Å². The van der Waals surface area contributed by atoms with Gasteiger partial charge in [0.05, 0.1) is 12.5 Å². The normalized spacial score (nSPS) is 13.8. The average molecular weight is 250 g/mol. The van der Waals surface area contributed by atoms with Crippen LogP contribution < -0.4 is 10.6 Å². The number of nitrogens with one attached hydrogen (secondary N) is 2. The summed E-state index contributed by atoms with van der Waals surface area (Å²) in [4.78, 5) is 20.5. The van der Waals surface area contributed by atoms with E-state index in [-0.39, 0.29) is 5.91 Å². The van der Waals surface area contributed by atoms with Crippen LogP contribution >= 0.6 is 0 Å². The van der Waals surface area contributed by atoms with Crippen molar-refractivity contribution in [3.8, 4) is 0 Å². The van der Waals surface area contributed by atoms with Gasteiger partial charge in [-0.1, -0.05) is 30.3 Å².